The maximum atomic E-state index is 12.8. The number of nitrogens with zero attached hydrogens (tertiary/aromatic N) is 4. The van der Waals surface area contributed by atoms with Gasteiger partial charge in [-0.3, -0.25) is 19.5 Å². The van der Waals surface area contributed by atoms with E-state index in [-0.39, 0.29) is 17.4 Å². The van der Waals surface area contributed by atoms with Gasteiger partial charge in [-0.2, -0.15) is 0 Å². The van der Waals surface area contributed by atoms with Crippen LogP contribution in [0, 0.1) is 0 Å². The van der Waals surface area contributed by atoms with E-state index >= 15 is 0 Å². The Morgan fingerprint density at radius 2 is 1.94 bits per heavy atom. The third kappa shape index (κ3) is 4.48. The Bertz CT molecular complexity index is 1150. The maximum absolute atomic E-state index is 12.8. The predicted molar refractivity (Wildman–Crippen MR) is 121 cm³/mol. The molecule has 0 radical (unpaired) electrons. The number of aromatic amines is 1. The lowest BCUT2D eigenvalue weighted by Crippen LogP contribution is -2.36. The summed E-state index contributed by atoms with van der Waals surface area (Å²) in [5.41, 5.74) is 3.82. The second-order valence-corrected chi connectivity index (χ2v) is 8.69. The molecule has 4 heterocycles. The third-order valence-electron chi connectivity index (χ3n) is 6.43. The van der Waals surface area contributed by atoms with Crippen molar-refractivity contribution in [1.29, 1.82) is 0 Å². The molecular formula is C25H27N5O2. The van der Waals surface area contributed by atoms with Crippen molar-refractivity contribution >= 4 is 5.91 Å². The molecule has 5 rings (SSSR count). The van der Waals surface area contributed by atoms with E-state index < -0.39 is 0 Å². The smallest absolute Gasteiger partial charge is 0.254 e. The van der Waals surface area contributed by atoms with Crippen LogP contribution >= 0.6 is 0 Å². The number of amides is 1. The van der Waals surface area contributed by atoms with Crippen molar-refractivity contribution in [3.05, 3.63) is 93.4 Å². The van der Waals surface area contributed by atoms with Gasteiger partial charge in [0.25, 0.3) is 5.56 Å². The summed E-state index contributed by atoms with van der Waals surface area (Å²) in [6.45, 7) is 3.58. The van der Waals surface area contributed by atoms with Gasteiger partial charge in [-0.15, -0.1) is 0 Å². The number of pyridine rings is 1. The highest BCUT2D eigenvalue weighted by atomic mass is 16.2. The van der Waals surface area contributed by atoms with Gasteiger partial charge in [-0.1, -0.05) is 36.4 Å². The Hall–Kier alpha value is -3.32. The Labute approximate surface area is 187 Å². The van der Waals surface area contributed by atoms with E-state index in [1.54, 1.807) is 6.20 Å². The molecule has 2 aliphatic heterocycles. The lowest BCUT2D eigenvalue weighted by atomic mass is 10.0. The molecule has 7 heteroatoms. The number of benzene rings is 1. The van der Waals surface area contributed by atoms with Crippen LogP contribution in [0.1, 0.15) is 40.5 Å². The minimum absolute atomic E-state index is 0.0277. The molecule has 2 aromatic heterocycles. The summed E-state index contributed by atoms with van der Waals surface area (Å²) in [5.74, 6) is 0.912. The summed E-state index contributed by atoms with van der Waals surface area (Å²) in [6.07, 6.45) is 5.58. The van der Waals surface area contributed by atoms with Crippen LogP contribution in [0.25, 0.3) is 0 Å². The molecule has 32 heavy (non-hydrogen) atoms. The number of H-pyrrole nitrogens is 1. The first-order valence-electron chi connectivity index (χ1n) is 11.2. The van der Waals surface area contributed by atoms with E-state index in [1.807, 2.05) is 47.5 Å². The second kappa shape index (κ2) is 9.04. The number of rotatable bonds is 5. The summed E-state index contributed by atoms with van der Waals surface area (Å²) in [6, 6.07) is 13.8. The van der Waals surface area contributed by atoms with Crippen LogP contribution in [-0.2, 0) is 30.7 Å². The number of hydrogen-bond donors (Lipinski definition) is 1. The molecular weight excluding hydrogens is 402 g/mol. The number of likely N-dealkylation sites (tertiary alicyclic amines) is 1. The summed E-state index contributed by atoms with van der Waals surface area (Å²) in [5, 5.41) is 0. The van der Waals surface area contributed by atoms with Gasteiger partial charge in [-0.05, 0) is 30.0 Å². The van der Waals surface area contributed by atoms with Gasteiger partial charge in [0.2, 0.25) is 5.91 Å². The van der Waals surface area contributed by atoms with E-state index in [4.69, 9.17) is 4.98 Å². The molecule has 0 unspecified atom stereocenters. The van der Waals surface area contributed by atoms with E-state index in [2.05, 4.69) is 20.9 Å². The highest BCUT2D eigenvalue weighted by Gasteiger charge is 2.30. The largest absolute Gasteiger partial charge is 0.342 e. The van der Waals surface area contributed by atoms with Crippen molar-refractivity contribution in [2.45, 2.75) is 38.3 Å². The first-order valence-corrected chi connectivity index (χ1v) is 11.2. The highest BCUT2D eigenvalue weighted by Crippen LogP contribution is 2.26. The molecule has 3 aromatic rings. The number of nitrogens with one attached hydrogen (secondary N) is 1. The topological polar surface area (TPSA) is 82.2 Å². The van der Waals surface area contributed by atoms with E-state index in [0.717, 1.165) is 41.9 Å². The first-order chi connectivity index (χ1) is 15.7. The minimum atomic E-state index is -0.0277. The van der Waals surface area contributed by atoms with Crippen LogP contribution in [0.2, 0.25) is 0 Å². The number of carbonyl (C=O) groups excluding carboxylic acids is 1. The highest BCUT2D eigenvalue weighted by molar-refractivity contribution is 5.79. The SMILES string of the molecule is O=C(Cc1ccccc1)N1CC[C@H](c2nc3c(c(=O)[nH]2)CCN(Cc2cccnc2)C3)C1. The monoisotopic (exact) mass is 429 g/mol. The fourth-order valence-electron chi connectivity index (χ4n) is 4.68. The molecule has 1 N–H and O–H groups in total. The Kier molecular flexibility index (Phi) is 5.81. The summed E-state index contributed by atoms with van der Waals surface area (Å²) in [4.78, 5) is 41.8. The van der Waals surface area contributed by atoms with Crippen LogP contribution in [0.15, 0.2) is 59.7 Å². The van der Waals surface area contributed by atoms with Crippen LogP contribution in [0.3, 0.4) is 0 Å². The van der Waals surface area contributed by atoms with Crippen LogP contribution in [0.4, 0.5) is 0 Å². The van der Waals surface area contributed by atoms with Crippen molar-refractivity contribution in [2.75, 3.05) is 19.6 Å². The Balaban J connectivity index is 1.27. The molecule has 1 amide bonds. The standard InChI is InChI=1S/C25H27N5O2/c31-23(13-18-5-2-1-3-6-18)30-12-8-20(16-30)24-27-22-17-29(11-9-21(22)25(32)28-24)15-19-7-4-10-26-14-19/h1-7,10,14,20H,8-9,11-13,15-17H2,(H,27,28,32)/t20-/m0/s1. The van der Waals surface area contributed by atoms with E-state index in [9.17, 15) is 9.59 Å². The van der Waals surface area contributed by atoms with Gasteiger partial charge >= 0.3 is 0 Å². The van der Waals surface area contributed by atoms with Gasteiger partial charge in [0.1, 0.15) is 5.82 Å². The fraction of sp³-hybridized carbons (Fsp3) is 0.360. The van der Waals surface area contributed by atoms with E-state index in [0.29, 0.717) is 38.3 Å². The second-order valence-electron chi connectivity index (χ2n) is 8.69. The third-order valence-corrected chi connectivity index (χ3v) is 6.43. The zero-order valence-corrected chi connectivity index (χ0v) is 18.0. The summed E-state index contributed by atoms with van der Waals surface area (Å²) in [7, 11) is 0. The van der Waals surface area contributed by atoms with E-state index in [1.165, 1.54) is 0 Å². The fourth-order valence-corrected chi connectivity index (χ4v) is 4.68. The van der Waals surface area contributed by atoms with Gasteiger partial charge in [0.05, 0.1) is 12.1 Å². The zero-order chi connectivity index (χ0) is 21.9. The van der Waals surface area contributed by atoms with Crippen LogP contribution < -0.4 is 5.56 Å². The average molecular weight is 430 g/mol. The average Bonchev–Trinajstić information content (AvgIpc) is 3.31. The van der Waals surface area contributed by atoms with Crippen molar-refractivity contribution < 1.29 is 4.79 Å². The van der Waals surface area contributed by atoms with Crippen LogP contribution in [-0.4, -0.2) is 50.3 Å². The molecule has 0 saturated carbocycles. The maximum Gasteiger partial charge on any atom is 0.254 e. The lowest BCUT2D eigenvalue weighted by molar-refractivity contribution is -0.129. The van der Waals surface area contributed by atoms with Crippen molar-refractivity contribution in [3.63, 3.8) is 0 Å². The number of carbonyl (C=O) groups is 1. The normalized spacial score (nSPS) is 18.5. The zero-order valence-electron chi connectivity index (χ0n) is 18.0. The van der Waals surface area contributed by atoms with Crippen molar-refractivity contribution in [3.8, 4) is 0 Å². The molecule has 1 aromatic carbocycles. The molecule has 0 spiro atoms. The van der Waals surface area contributed by atoms with Gasteiger partial charge in [0.15, 0.2) is 0 Å². The quantitative estimate of drug-likeness (QED) is 0.673. The summed E-state index contributed by atoms with van der Waals surface area (Å²) < 4.78 is 0. The van der Waals surface area contributed by atoms with Crippen molar-refractivity contribution in [1.82, 2.24) is 24.8 Å². The molecule has 1 fully saturated rings. The molecule has 0 aliphatic carbocycles. The Morgan fingerprint density at radius 1 is 1.09 bits per heavy atom. The number of hydrogen-bond acceptors (Lipinski definition) is 5. The molecule has 1 atom stereocenters. The van der Waals surface area contributed by atoms with Crippen molar-refractivity contribution in [2.24, 2.45) is 0 Å². The number of fused-ring (bicyclic) bond motifs is 1. The summed E-state index contributed by atoms with van der Waals surface area (Å²) >= 11 is 0. The molecule has 2 aliphatic rings. The first kappa shape index (κ1) is 20.6. The van der Waals surface area contributed by atoms with Gasteiger partial charge < -0.3 is 9.88 Å². The molecule has 0 bridgehead atoms. The molecule has 164 valence electrons. The minimum Gasteiger partial charge on any atom is -0.342 e. The van der Waals surface area contributed by atoms with Gasteiger partial charge in [-0.25, -0.2) is 4.98 Å². The van der Waals surface area contributed by atoms with Crippen LogP contribution in [0.5, 0.6) is 0 Å². The lowest BCUT2D eigenvalue weighted by Gasteiger charge is -2.28. The molecule has 1 saturated heterocycles. The predicted octanol–water partition coefficient (Wildman–Crippen LogP) is 2.28. The van der Waals surface area contributed by atoms with Gasteiger partial charge in [0, 0.05) is 56.6 Å². The molecule has 7 nitrogen and oxygen atoms in total. The Morgan fingerprint density at radius 3 is 2.75 bits per heavy atom. The number of aromatic nitrogens is 3.